The molecule has 0 aliphatic carbocycles. The third-order valence-corrected chi connectivity index (χ3v) is 3.46. The van der Waals surface area contributed by atoms with Gasteiger partial charge in [0.1, 0.15) is 0 Å². The van der Waals surface area contributed by atoms with Crippen molar-refractivity contribution in [3.63, 3.8) is 0 Å². The fourth-order valence-corrected chi connectivity index (χ4v) is 2.57. The molecular formula is C14H20N2O2. The largest absolute Gasteiger partial charge is 0.396 e. The second-order valence-electron chi connectivity index (χ2n) is 4.91. The molecule has 1 aromatic rings. The van der Waals surface area contributed by atoms with Crippen molar-refractivity contribution in [1.29, 1.82) is 0 Å². The Morgan fingerprint density at radius 3 is 3.11 bits per heavy atom. The molecule has 1 fully saturated rings. The number of hydrogen-bond donors (Lipinski definition) is 1. The van der Waals surface area contributed by atoms with E-state index in [1.807, 2.05) is 17.9 Å². The van der Waals surface area contributed by atoms with E-state index in [0.717, 1.165) is 37.8 Å². The highest BCUT2D eigenvalue weighted by molar-refractivity contribution is 5.94. The van der Waals surface area contributed by atoms with E-state index in [1.165, 1.54) is 0 Å². The van der Waals surface area contributed by atoms with Gasteiger partial charge in [-0.2, -0.15) is 0 Å². The maximum absolute atomic E-state index is 12.4. The average molecular weight is 248 g/mol. The van der Waals surface area contributed by atoms with Crippen LogP contribution in [0.1, 0.15) is 41.6 Å². The lowest BCUT2D eigenvalue weighted by Crippen LogP contribution is -2.35. The minimum Gasteiger partial charge on any atom is -0.396 e. The first-order valence-corrected chi connectivity index (χ1v) is 6.56. The molecule has 0 aromatic carbocycles. The third kappa shape index (κ3) is 2.88. The zero-order chi connectivity index (χ0) is 13.0. The lowest BCUT2D eigenvalue weighted by Gasteiger charge is -2.24. The van der Waals surface area contributed by atoms with Crippen molar-refractivity contribution in [3.8, 4) is 0 Å². The zero-order valence-corrected chi connectivity index (χ0v) is 10.8. The summed E-state index contributed by atoms with van der Waals surface area (Å²) in [5, 5.41) is 8.89. The lowest BCUT2D eigenvalue weighted by atomic mass is 10.1. The van der Waals surface area contributed by atoms with E-state index in [0.29, 0.717) is 5.56 Å². The molecule has 1 N–H and O–H groups in total. The number of hydrogen-bond acceptors (Lipinski definition) is 3. The molecule has 2 heterocycles. The van der Waals surface area contributed by atoms with Crippen molar-refractivity contribution in [2.45, 2.75) is 38.6 Å². The summed E-state index contributed by atoms with van der Waals surface area (Å²) in [6, 6.07) is 2.17. The van der Waals surface area contributed by atoms with Crippen LogP contribution in [0.5, 0.6) is 0 Å². The molecule has 2 rings (SSSR count). The van der Waals surface area contributed by atoms with Gasteiger partial charge in [0.25, 0.3) is 5.91 Å². The highest BCUT2D eigenvalue weighted by Gasteiger charge is 2.28. The highest BCUT2D eigenvalue weighted by atomic mass is 16.3. The fraction of sp³-hybridized carbons (Fsp3) is 0.571. The Kier molecular flexibility index (Phi) is 4.31. The summed E-state index contributed by atoms with van der Waals surface area (Å²) in [6.07, 6.45) is 7.15. The number of carbonyl (C=O) groups is 1. The van der Waals surface area contributed by atoms with Crippen molar-refractivity contribution in [1.82, 2.24) is 9.88 Å². The van der Waals surface area contributed by atoms with E-state index in [2.05, 4.69) is 4.98 Å². The van der Waals surface area contributed by atoms with Gasteiger partial charge in [-0.05, 0) is 44.2 Å². The van der Waals surface area contributed by atoms with Gasteiger partial charge in [0.15, 0.2) is 0 Å². The average Bonchev–Trinajstić information content (AvgIpc) is 2.83. The van der Waals surface area contributed by atoms with Crippen LogP contribution in [0.15, 0.2) is 18.5 Å². The first-order valence-electron chi connectivity index (χ1n) is 6.56. The molecule has 98 valence electrons. The number of nitrogens with zero attached hydrogens (tertiary/aromatic N) is 2. The van der Waals surface area contributed by atoms with Crippen molar-refractivity contribution >= 4 is 5.91 Å². The highest BCUT2D eigenvalue weighted by Crippen LogP contribution is 2.23. The standard InChI is InChI=1S/C14H20N2O2/c1-11-8-12(10-15-9-11)14(18)16-6-2-4-13(16)5-3-7-17/h8-10,13,17H,2-7H2,1H3. The number of pyridine rings is 1. The van der Waals surface area contributed by atoms with Crippen LogP contribution in [0.4, 0.5) is 0 Å². The number of carbonyl (C=O) groups excluding carboxylic acids is 1. The summed E-state index contributed by atoms with van der Waals surface area (Å²) in [5.74, 6) is 0.0756. The summed E-state index contributed by atoms with van der Waals surface area (Å²) in [7, 11) is 0. The Labute approximate surface area is 108 Å². The van der Waals surface area contributed by atoms with Crippen LogP contribution < -0.4 is 0 Å². The number of amides is 1. The molecule has 0 radical (unpaired) electrons. The maximum Gasteiger partial charge on any atom is 0.255 e. The summed E-state index contributed by atoms with van der Waals surface area (Å²) in [4.78, 5) is 18.4. The maximum atomic E-state index is 12.4. The Balaban J connectivity index is 2.08. The Morgan fingerprint density at radius 2 is 2.39 bits per heavy atom. The third-order valence-electron chi connectivity index (χ3n) is 3.46. The molecule has 1 aliphatic rings. The van der Waals surface area contributed by atoms with Crippen molar-refractivity contribution in [2.75, 3.05) is 13.2 Å². The van der Waals surface area contributed by atoms with Gasteiger partial charge in [0.05, 0.1) is 5.56 Å². The van der Waals surface area contributed by atoms with Crippen LogP contribution in [-0.2, 0) is 0 Å². The molecule has 0 saturated carbocycles. The van der Waals surface area contributed by atoms with Gasteiger partial charge in [0.2, 0.25) is 0 Å². The number of rotatable bonds is 4. The Bertz CT molecular complexity index is 420. The summed E-state index contributed by atoms with van der Waals surface area (Å²) in [5.41, 5.74) is 1.68. The number of aromatic nitrogens is 1. The monoisotopic (exact) mass is 248 g/mol. The molecule has 1 saturated heterocycles. The topological polar surface area (TPSA) is 53.4 Å². The van der Waals surface area contributed by atoms with Crippen LogP contribution in [0.3, 0.4) is 0 Å². The minimum absolute atomic E-state index is 0.0756. The second-order valence-corrected chi connectivity index (χ2v) is 4.91. The summed E-state index contributed by atoms with van der Waals surface area (Å²) < 4.78 is 0. The number of likely N-dealkylation sites (tertiary alicyclic amines) is 1. The SMILES string of the molecule is Cc1cncc(C(=O)N2CCCC2CCCO)c1. The van der Waals surface area contributed by atoms with Gasteiger partial charge in [-0.3, -0.25) is 9.78 Å². The number of aryl methyl sites for hydroxylation is 1. The normalized spacial score (nSPS) is 19.2. The predicted octanol–water partition coefficient (Wildman–Crippen LogP) is 1.77. The van der Waals surface area contributed by atoms with E-state index in [9.17, 15) is 4.79 Å². The van der Waals surface area contributed by atoms with Gasteiger partial charge in [0, 0.05) is 31.6 Å². The van der Waals surface area contributed by atoms with E-state index in [-0.39, 0.29) is 18.6 Å². The quantitative estimate of drug-likeness (QED) is 0.883. The van der Waals surface area contributed by atoms with Gasteiger partial charge < -0.3 is 10.0 Å². The van der Waals surface area contributed by atoms with Crippen LogP contribution in [0.25, 0.3) is 0 Å². The zero-order valence-electron chi connectivity index (χ0n) is 10.8. The fourth-order valence-electron chi connectivity index (χ4n) is 2.57. The van der Waals surface area contributed by atoms with E-state index in [1.54, 1.807) is 12.4 Å². The van der Waals surface area contributed by atoms with Gasteiger partial charge in [-0.15, -0.1) is 0 Å². The lowest BCUT2D eigenvalue weighted by molar-refractivity contribution is 0.0724. The molecule has 0 spiro atoms. The summed E-state index contributed by atoms with van der Waals surface area (Å²) in [6.45, 7) is 2.96. The van der Waals surface area contributed by atoms with Gasteiger partial charge in [-0.1, -0.05) is 0 Å². The van der Waals surface area contributed by atoms with E-state index in [4.69, 9.17) is 5.11 Å². The minimum atomic E-state index is 0.0756. The first kappa shape index (κ1) is 13.0. The van der Waals surface area contributed by atoms with Gasteiger partial charge >= 0.3 is 0 Å². The molecule has 0 bridgehead atoms. The second kappa shape index (κ2) is 5.96. The summed E-state index contributed by atoms with van der Waals surface area (Å²) >= 11 is 0. The predicted molar refractivity (Wildman–Crippen MR) is 69.4 cm³/mol. The Morgan fingerprint density at radius 1 is 1.56 bits per heavy atom. The molecule has 18 heavy (non-hydrogen) atoms. The molecule has 1 aromatic heterocycles. The number of aliphatic hydroxyl groups is 1. The van der Waals surface area contributed by atoms with Crippen molar-refractivity contribution < 1.29 is 9.90 Å². The van der Waals surface area contributed by atoms with Gasteiger partial charge in [-0.25, -0.2) is 0 Å². The van der Waals surface area contributed by atoms with Crippen LogP contribution in [0.2, 0.25) is 0 Å². The molecular weight excluding hydrogens is 228 g/mol. The molecule has 1 unspecified atom stereocenters. The smallest absolute Gasteiger partial charge is 0.255 e. The molecule has 1 aliphatic heterocycles. The van der Waals surface area contributed by atoms with E-state index >= 15 is 0 Å². The van der Waals surface area contributed by atoms with Crippen LogP contribution in [-0.4, -0.2) is 40.1 Å². The van der Waals surface area contributed by atoms with Crippen LogP contribution >= 0.6 is 0 Å². The van der Waals surface area contributed by atoms with Crippen molar-refractivity contribution in [2.24, 2.45) is 0 Å². The number of aliphatic hydroxyl groups excluding tert-OH is 1. The molecule has 1 atom stereocenters. The molecule has 1 amide bonds. The molecule has 4 heteroatoms. The first-order chi connectivity index (χ1) is 8.72. The van der Waals surface area contributed by atoms with Crippen LogP contribution in [0, 0.1) is 6.92 Å². The van der Waals surface area contributed by atoms with E-state index < -0.39 is 0 Å². The Hall–Kier alpha value is -1.42. The molecule has 4 nitrogen and oxygen atoms in total. The van der Waals surface area contributed by atoms with Crippen molar-refractivity contribution in [3.05, 3.63) is 29.6 Å².